The fraction of sp³-hybridized carbons (Fsp3) is 0.588. The van der Waals surface area contributed by atoms with Gasteiger partial charge in [0.05, 0.1) is 35.6 Å². The maximum atomic E-state index is 12.8. The summed E-state index contributed by atoms with van der Waals surface area (Å²) in [6.07, 6.45) is 1.81. The first-order chi connectivity index (χ1) is 12.9. The topological polar surface area (TPSA) is 108 Å². The molecule has 0 aromatic heterocycles. The summed E-state index contributed by atoms with van der Waals surface area (Å²) in [5.74, 6) is -0.0120. The van der Waals surface area contributed by atoms with E-state index in [4.69, 9.17) is 10.00 Å². The first-order valence-electron chi connectivity index (χ1n) is 8.94. The molecule has 1 fully saturated rings. The third kappa shape index (κ3) is 4.27. The van der Waals surface area contributed by atoms with Gasteiger partial charge in [-0.2, -0.15) is 9.57 Å². The van der Waals surface area contributed by atoms with Gasteiger partial charge in [0.15, 0.2) is 0 Å². The lowest BCUT2D eigenvalue weighted by Crippen LogP contribution is -2.40. The number of unbranched alkanes of at least 4 members (excludes halogenated alkanes) is 2. The molecule has 0 N–H and O–H groups in total. The Balaban J connectivity index is 1.78. The van der Waals surface area contributed by atoms with Crippen LogP contribution in [0.2, 0.25) is 0 Å². The van der Waals surface area contributed by atoms with E-state index >= 15 is 0 Å². The Kier molecular flexibility index (Phi) is 6.05. The average molecular weight is 414 g/mol. The van der Waals surface area contributed by atoms with Crippen LogP contribution >= 0.6 is 0 Å². The monoisotopic (exact) mass is 413 g/mol. The van der Waals surface area contributed by atoms with E-state index in [1.165, 1.54) is 14.7 Å². The summed E-state index contributed by atoms with van der Waals surface area (Å²) < 4.78 is 58.7. The van der Waals surface area contributed by atoms with Crippen molar-refractivity contribution in [2.24, 2.45) is 0 Å². The summed E-state index contributed by atoms with van der Waals surface area (Å²) in [4.78, 5) is 0.191. The maximum Gasteiger partial charge on any atom is 0.243 e. The first kappa shape index (κ1) is 20.1. The molecule has 10 heteroatoms. The highest BCUT2D eigenvalue weighted by Gasteiger charge is 2.32. The van der Waals surface area contributed by atoms with E-state index in [2.05, 4.69) is 0 Å². The van der Waals surface area contributed by atoms with Crippen LogP contribution in [0.3, 0.4) is 0 Å². The number of fused-ring (bicyclic) bond motifs is 1. The van der Waals surface area contributed by atoms with Gasteiger partial charge in [0.1, 0.15) is 0 Å². The molecule has 0 aliphatic carbocycles. The molecule has 3 rings (SSSR count). The van der Waals surface area contributed by atoms with E-state index in [9.17, 15) is 16.8 Å². The van der Waals surface area contributed by atoms with Crippen molar-refractivity contribution in [3.05, 3.63) is 23.8 Å². The van der Waals surface area contributed by atoms with Crippen LogP contribution in [0.5, 0.6) is 0 Å². The predicted molar refractivity (Wildman–Crippen MR) is 100 cm³/mol. The molecule has 1 aromatic carbocycles. The van der Waals surface area contributed by atoms with Gasteiger partial charge in [-0.25, -0.2) is 16.8 Å². The molecule has 0 atom stereocenters. The van der Waals surface area contributed by atoms with Crippen LogP contribution in [0.25, 0.3) is 0 Å². The number of ether oxygens (including phenoxy) is 1. The Morgan fingerprint density at radius 3 is 2.52 bits per heavy atom. The zero-order valence-corrected chi connectivity index (χ0v) is 16.6. The largest absolute Gasteiger partial charge is 0.379 e. The fourth-order valence-corrected chi connectivity index (χ4v) is 6.43. The van der Waals surface area contributed by atoms with Crippen LogP contribution in [-0.4, -0.2) is 59.7 Å². The van der Waals surface area contributed by atoms with Gasteiger partial charge in [-0.15, -0.1) is 0 Å². The molecule has 27 heavy (non-hydrogen) atoms. The van der Waals surface area contributed by atoms with Crippen molar-refractivity contribution in [2.45, 2.75) is 30.6 Å². The van der Waals surface area contributed by atoms with E-state index in [1.807, 2.05) is 6.07 Å². The van der Waals surface area contributed by atoms with Gasteiger partial charge >= 0.3 is 0 Å². The molecule has 1 saturated heterocycles. The average Bonchev–Trinajstić information content (AvgIpc) is 3.10. The Bertz CT molecular complexity index is 932. The molecule has 0 spiro atoms. The second-order valence-electron chi connectivity index (χ2n) is 6.56. The van der Waals surface area contributed by atoms with E-state index in [1.54, 1.807) is 12.1 Å². The highest BCUT2D eigenvalue weighted by atomic mass is 32.2. The smallest absolute Gasteiger partial charge is 0.243 e. The number of hydrogen-bond acceptors (Lipinski definition) is 6. The Hall–Kier alpha value is -1.67. The summed E-state index contributed by atoms with van der Waals surface area (Å²) in [5.41, 5.74) is 1.28. The van der Waals surface area contributed by atoms with Gasteiger partial charge in [0, 0.05) is 26.1 Å². The fourth-order valence-electron chi connectivity index (χ4n) is 3.33. The summed E-state index contributed by atoms with van der Waals surface area (Å²) in [6, 6.07) is 6.66. The maximum absolute atomic E-state index is 12.8. The molecule has 148 valence electrons. The zero-order valence-electron chi connectivity index (χ0n) is 15.0. The molecule has 0 saturated carbocycles. The molecule has 2 aliphatic rings. The van der Waals surface area contributed by atoms with Crippen molar-refractivity contribution < 1.29 is 21.6 Å². The van der Waals surface area contributed by atoms with Gasteiger partial charge in [-0.3, -0.25) is 4.31 Å². The van der Waals surface area contributed by atoms with Crippen LogP contribution in [0.1, 0.15) is 24.8 Å². The number of morpholine rings is 1. The Morgan fingerprint density at radius 1 is 1.07 bits per heavy atom. The SMILES string of the molecule is N#CCCCCS(=O)(=O)N1CCc2cc(S(=O)(=O)N3CCOCC3)ccc21. The normalized spacial score (nSPS) is 18.3. The lowest BCUT2D eigenvalue weighted by molar-refractivity contribution is 0.0730. The van der Waals surface area contributed by atoms with Gasteiger partial charge in [0.25, 0.3) is 0 Å². The predicted octanol–water partition coefficient (Wildman–Crippen LogP) is 1.09. The van der Waals surface area contributed by atoms with Gasteiger partial charge in [0.2, 0.25) is 20.0 Å². The number of rotatable bonds is 7. The number of hydrogen-bond donors (Lipinski definition) is 0. The Morgan fingerprint density at radius 2 is 1.81 bits per heavy atom. The lowest BCUT2D eigenvalue weighted by atomic mass is 10.2. The van der Waals surface area contributed by atoms with Crippen molar-refractivity contribution in [2.75, 3.05) is 42.9 Å². The highest BCUT2D eigenvalue weighted by Crippen LogP contribution is 2.33. The molecule has 0 amide bonds. The number of nitrogens with zero attached hydrogens (tertiary/aromatic N) is 3. The third-order valence-corrected chi connectivity index (χ3v) is 8.54. The van der Waals surface area contributed by atoms with E-state index in [-0.39, 0.29) is 10.6 Å². The van der Waals surface area contributed by atoms with Crippen LogP contribution < -0.4 is 4.31 Å². The summed E-state index contributed by atoms with van der Waals surface area (Å²) >= 11 is 0. The highest BCUT2D eigenvalue weighted by molar-refractivity contribution is 7.92. The van der Waals surface area contributed by atoms with Gasteiger partial charge in [-0.05, 0) is 43.0 Å². The molecule has 2 heterocycles. The van der Waals surface area contributed by atoms with E-state index in [0.717, 1.165) is 5.56 Å². The Labute approximate surface area is 160 Å². The minimum atomic E-state index is -3.60. The lowest BCUT2D eigenvalue weighted by Gasteiger charge is -2.26. The number of nitriles is 1. The first-order valence-corrected chi connectivity index (χ1v) is 12.0. The van der Waals surface area contributed by atoms with Crippen molar-refractivity contribution in [3.8, 4) is 6.07 Å². The van der Waals surface area contributed by atoms with E-state index < -0.39 is 20.0 Å². The quantitative estimate of drug-likeness (QED) is 0.619. The van der Waals surface area contributed by atoms with Crippen molar-refractivity contribution in [1.82, 2.24) is 4.31 Å². The second-order valence-corrected chi connectivity index (χ2v) is 10.5. The van der Waals surface area contributed by atoms with Crippen LogP contribution in [-0.2, 0) is 31.2 Å². The third-order valence-electron chi connectivity index (χ3n) is 4.79. The van der Waals surface area contributed by atoms with Crippen LogP contribution in [0.15, 0.2) is 23.1 Å². The standard InChI is InChI=1S/C17H23N3O5S2/c18-7-2-1-3-13-26(21,22)20-8-6-15-14-16(4-5-17(15)20)27(23,24)19-9-11-25-12-10-19/h4-5,14H,1-3,6,8-13H2. The minimum Gasteiger partial charge on any atom is -0.379 e. The minimum absolute atomic E-state index is 0.0120. The van der Waals surface area contributed by atoms with Crippen LogP contribution in [0, 0.1) is 11.3 Å². The molecule has 1 aromatic rings. The number of anilines is 1. The van der Waals surface area contributed by atoms with Crippen molar-refractivity contribution in [3.63, 3.8) is 0 Å². The number of sulfonamides is 2. The summed E-state index contributed by atoms with van der Waals surface area (Å²) in [6.45, 7) is 1.71. The summed E-state index contributed by atoms with van der Waals surface area (Å²) in [7, 11) is -7.08. The van der Waals surface area contributed by atoms with Crippen molar-refractivity contribution in [1.29, 1.82) is 5.26 Å². The second kappa shape index (κ2) is 8.14. The molecule has 0 unspecified atom stereocenters. The van der Waals surface area contributed by atoms with E-state index in [0.29, 0.717) is 64.2 Å². The molecule has 0 radical (unpaired) electrons. The molecular formula is C17H23N3O5S2. The molecule has 0 bridgehead atoms. The zero-order chi connectivity index (χ0) is 19.5. The molecule has 2 aliphatic heterocycles. The molecular weight excluding hydrogens is 390 g/mol. The van der Waals surface area contributed by atoms with Gasteiger partial charge in [-0.1, -0.05) is 0 Å². The van der Waals surface area contributed by atoms with Gasteiger partial charge < -0.3 is 4.74 Å². The van der Waals surface area contributed by atoms with Crippen molar-refractivity contribution >= 4 is 25.7 Å². The number of benzene rings is 1. The summed E-state index contributed by atoms with van der Waals surface area (Å²) in [5, 5.41) is 8.55. The molecule has 8 nitrogen and oxygen atoms in total. The van der Waals surface area contributed by atoms with Crippen LogP contribution in [0.4, 0.5) is 5.69 Å².